The topological polar surface area (TPSA) is 29.3 Å². The average Bonchev–Trinajstić information content (AvgIpc) is 3.17. The summed E-state index contributed by atoms with van der Waals surface area (Å²) in [5.41, 5.74) is 7.78. The predicted molar refractivity (Wildman–Crippen MR) is 83.4 cm³/mol. The molecule has 1 saturated carbocycles. The summed E-state index contributed by atoms with van der Waals surface area (Å²) < 4.78 is 1.09. The lowest BCUT2D eigenvalue weighted by atomic mass is 9.96. The quantitative estimate of drug-likeness (QED) is 0.875. The van der Waals surface area contributed by atoms with Gasteiger partial charge in [-0.1, -0.05) is 40.0 Å². The second kappa shape index (κ2) is 5.72. The Kier molecular flexibility index (Phi) is 4.18. The molecule has 2 nitrogen and oxygen atoms in total. The van der Waals surface area contributed by atoms with E-state index >= 15 is 0 Å². The van der Waals surface area contributed by atoms with Gasteiger partial charge in [-0.15, -0.1) is 0 Å². The minimum atomic E-state index is 0.223. The number of benzene rings is 1. The Morgan fingerprint density at radius 3 is 2.68 bits per heavy atom. The van der Waals surface area contributed by atoms with Crippen molar-refractivity contribution in [3.05, 3.63) is 33.3 Å². The summed E-state index contributed by atoms with van der Waals surface area (Å²) in [5.74, 6) is 0. The van der Waals surface area contributed by atoms with Crippen molar-refractivity contribution >= 4 is 27.5 Å². The molecular weight excluding hydrogens is 324 g/mol. The molecule has 0 amide bonds. The van der Waals surface area contributed by atoms with Gasteiger partial charge in [-0.2, -0.15) is 0 Å². The third-order valence-corrected chi connectivity index (χ3v) is 5.19. The van der Waals surface area contributed by atoms with E-state index in [4.69, 9.17) is 17.3 Å². The lowest BCUT2D eigenvalue weighted by molar-refractivity contribution is 0.175. The van der Waals surface area contributed by atoms with Crippen LogP contribution in [-0.2, 0) is 0 Å². The minimum absolute atomic E-state index is 0.223. The molecule has 0 radical (unpaired) electrons. The Hall–Kier alpha value is -0.0900. The van der Waals surface area contributed by atoms with Crippen LogP contribution in [-0.4, -0.2) is 23.5 Å². The summed E-state index contributed by atoms with van der Waals surface area (Å²) in [6.07, 6.45) is 6.28. The van der Waals surface area contributed by atoms with E-state index in [9.17, 15) is 0 Å². The highest BCUT2D eigenvalue weighted by molar-refractivity contribution is 9.10. The van der Waals surface area contributed by atoms with Crippen molar-refractivity contribution in [1.82, 2.24) is 4.90 Å². The van der Waals surface area contributed by atoms with Crippen LogP contribution in [0.1, 0.15) is 43.7 Å². The number of halogens is 2. The first-order valence-electron chi connectivity index (χ1n) is 7.13. The summed E-state index contributed by atoms with van der Waals surface area (Å²) in [6.45, 7) is 1.18. The predicted octanol–water partition coefficient (Wildman–Crippen LogP) is 4.12. The van der Waals surface area contributed by atoms with E-state index in [2.05, 4.69) is 26.9 Å². The Balaban J connectivity index is 1.96. The molecule has 2 fully saturated rings. The number of hydrogen-bond acceptors (Lipinski definition) is 2. The van der Waals surface area contributed by atoms with Crippen LogP contribution in [0.4, 0.5) is 0 Å². The van der Waals surface area contributed by atoms with Crippen molar-refractivity contribution in [3.63, 3.8) is 0 Å². The van der Waals surface area contributed by atoms with Crippen molar-refractivity contribution in [2.24, 2.45) is 5.73 Å². The molecule has 4 heteroatoms. The Morgan fingerprint density at radius 2 is 2.00 bits per heavy atom. The zero-order valence-corrected chi connectivity index (χ0v) is 13.3. The average molecular weight is 344 g/mol. The molecular formula is C15H20BrClN2. The molecule has 1 aliphatic carbocycles. The molecule has 0 aromatic heterocycles. The molecule has 0 spiro atoms. The van der Waals surface area contributed by atoms with Crippen molar-refractivity contribution in [2.75, 3.05) is 6.54 Å². The highest BCUT2D eigenvalue weighted by Gasteiger charge is 2.38. The maximum Gasteiger partial charge on any atom is 0.0513 e. The fraction of sp³-hybridized carbons (Fsp3) is 0.600. The molecule has 2 aliphatic rings. The van der Waals surface area contributed by atoms with E-state index in [-0.39, 0.29) is 6.04 Å². The maximum atomic E-state index is 6.48. The molecule has 104 valence electrons. The molecule has 19 heavy (non-hydrogen) atoms. The molecule has 2 unspecified atom stereocenters. The van der Waals surface area contributed by atoms with Gasteiger partial charge in [0.05, 0.1) is 6.04 Å². The van der Waals surface area contributed by atoms with Crippen LogP contribution in [0.3, 0.4) is 0 Å². The van der Waals surface area contributed by atoms with E-state index in [1.165, 1.54) is 37.8 Å². The van der Waals surface area contributed by atoms with Crippen molar-refractivity contribution in [2.45, 2.75) is 50.2 Å². The Morgan fingerprint density at radius 1 is 1.21 bits per heavy atom. The molecule has 0 bridgehead atoms. The summed E-state index contributed by atoms with van der Waals surface area (Å²) in [6, 6.07) is 7.40. The fourth-order valence-electron chi connectivity index (χ4n) is 3.18. The smallest absolute Gasteiger partial charge is 0.0513 e. The van der Waals surface area contributed by atoms with E-state index in [1.54, 1.807) is 0 Å². The number of nitrogens with zero attached hydrogens (tertiary/aromatic N) is 1. The van der Waals surface area contributed by atoms with Crippen LogP contribution >= 0.6 is 27.5 Å². The van der Waals surface area contributed by atoms with Crippen molar-refractivity contribution in [3.8, 4) is 0 Å². The molecule has 1 aromatic rings. The third-order valence-electron chi connectivity index (χ3n) is 4.26. The molecule has 2 atom stereocenters. The minimum Gasteiger partial charge on any atom is -0.326 e. The number of nitrogens with two attached hydrogens (primary N) is 1. The highest BCUT2D eigenvalue weighted by atomic mass is 79.9. The van der Waals surface area contributed by atoms with Crippen LogP contribution in [0.2, 0.25) is 5.02 Å². The fourth-order valence-corrected chi connectivity index (χ4v) is 4.10. The first-order chi connectivity index (χ1) is 9.16. The number of likely N-dealkylation sites (tertiary alicyclic amines) is 1. The lowest BCUT2D eigenvalue weighted by Crippen LogP contribution is -2.41. The first-order valence-corrected chi connectivity index (χ1v) is 8.30. The van der Waals surface area contributed by atoms with Gasteiger partial charge in [-0.05, 0) is 49.9 Å². The first kappa shape index (κ1) is 13.9. The van der Waals surface area contributed by atoms with Gasteiger partial charge in [0.15, 0.2) is 0 Å². The maximum absolute atomic E-state index is 6.48. The SMILES string of the molecule is NC1CCCCN(C2CC2)C1c1ccc(Cl)cc1Br. The van der Waals surface area contributed by atoms with Gasteiger partial charge in [0, 0.05) is 21.6 Å². The van der Waals surface area contributed by atoms with Crippen LogP contribution in [0.25, 0.3) is 0 Å². The summed E-state index contributed by atoms with van der Waals surface area (Å²) in [5, 5.41) is 0.774. The van der Waals surface area contributed by atoms with Crippen molar-refractivity contribution in [1.29, 1.82) is 0 Å². The molecule has 2 N–H and O–H groups in total. The van der Waals surface area contributed by atoms with Crippen molar-refractivity contribution < 1.29 is 0 Å². The summed E-state index contributed by atoms with van der Waals surface area (Å²) >= 11 is 9.73. The van der Waals surface area contributed by atoms with Crippen LogP contribution < -0.4 is 5.73 Å². The van der Waals surface area contributed by atoms with Gasteiger partial charge < -0.3 is 5.73 Å². The highest BCUT2D eigenvalue weighted by Crippen LogP contribution is 2.41. The second-order valence-corrected chi connectivity index (χ2v) is 7.03. The van der Waals surface area contributed by atoms with Crippen LogP contribution in [0, 0.1) is 0 Å². The number of rotatable bonds is 2. The number of hydrogen-bond donors (Lipinski definition) is 1. The Labute approximate surface area is 128 Å². The second-order valence-electron chi connectivity index (χ2n) is 5.74. The van der Waals surface area contributed by atoms with E-state index in [0.717, 1.165) is 22.0 Å². The molecule has 1 saturated heterocycles. The van der Waals surface area contributed by atoms with Gasteiger partial charge in [0.25, 0.3) is 0 Å². The summed E-state index contributed by atoms with van der Waals surface area (Å²) in [7, 11) is 0. The summed E-state index contributed by atoms with van der Waals surface area (Å²) in [4.78, 5) is 2.63. The zero-order valence-electron chi connectivity index (χ0n) is 11.0. The normalized spacial score (nSPS) is 29.2. The van der Waals surface area contributed by atoms with Gasteiger partial charge in [-0.25, -0.2) is 0 Å². The van der Waals surface area contributed by atoms with E-state index in [1.807, 2.05) is 12.1 Å². The molecule has 1 heterocycles. The zero-order chi connectivity index (χ0) is 13.4. The largest absolute Gasteiger partial charge is 0.326 e. The third kappa shape index (κ3) is 2.99. The van der Waals surface area contributed by atoms with Gasteiger partial charge >= 0.3 is 0 Å². The van der Waals surface area contributed by atoms with Gasteiger partial charge in [-0.3, -0.25) is 4.90 Å². The van der Waals surface area contributed by atoms with E-state index < -0.39 is 0 Å². The molecule has 3 rings (SSSR count). The van der Waals surface area contributed by atoms with E-state index in [0.29, 0.717) is 6.04 Å². The Bertz CT molecular complexity index is 461. The monoisotopic (exact) mass is 342 g/mol. The lowest BCUT2D eigenvalue weighted by Gasteiger charge is -2.34. The molecule has 1 aliphatic heterocycles. The standard InChI is InChI=1S/C15H20BrClN2/c16-13-9-10(17)4-7-12(13)15-14(18)3-1-2-8-19(15)11-5-6-11/h4,7,9,11,14-15H,1-3,5-6,8,18H2. The molecule has 1 aromatic carbocycles. The van der Waals surface area contributed by atoms with Crippen LogP contribution in [0.15, 0.2) is 22.7 Å². The van der Waals surface area contributed by atoms with Crippen LogP contribution in [0.5, 0.6) is 0 Å². The van der Waals surface area contributed by atoms with Gasteiger partial charge in [0.2, 0.25) is 0 Å². The van der Waals surface area contributed by atoms with Gasteiger partial charge in [0.1, 0.15) is 0 Å².